The maximum Gasteiger partial charge on any atom is 0.262 e. The Kier molecular flexibility index (Phi) is 6.18. The van der Waals surface area contributed by atoms with Crippen molar-refractivity contribution in [2.24, 2.45) is 5.92 Å². The van der Waals surface area contributed by atoms with Crippen LogP contribution in [0.1, 0.15) is 61.1 Å². The molecule has 1 N–H and O–H groups in total. The van der Waals surface area contributed by atoms with Crippen molar-refractivity contribution in [3.63, 3.8) is 0 Å². The van der Waals surface area contributed by atoms with Crippen LogP contribution in [0, 0.1) is 17.2 Å². The van der Waals surface area contributed by atoms with Crippen molar-refractivity contribution in [1.82, 2.24) is 0 Å². The van der Waals surface area contributed by atoms with Gasteiger partial charge in [0.1, 0.15) is 16.8 Å². The number of thiophene rings is 1. The molecule has 0 saturated carbocycles. The van der Waals surface area contributed by atoms with Gasteiger partial charge in [-0.2, -0.15) is 5.26 Å². The third-order valence-electron chi connectivity index (χ3n) is 5.31. The standard InChI is InChI=1S/C22H26N2O2S/c1-4-15(3)16-6-8-17(9-7-16)26-13-21(25)24-22-19(12-23)18-10-5-14(2)11-20(18)27-22/h6-9,14-15H,4-5,10-11,13H2,1-3H3,(H,24,25)/t14-,15-/m0/s1. The molecule has 142 valence electrons. The number of anilines is 1. The number of hydrogen-bond donors (Lipinski definition) is 1. The number of nitriles is 1. The van der Waals surface area contributed by atoms with Crippen LogP contribution in [-0.4, -0.2) is 12.5 Å². The normalized spacial score (nSPS) is 16.9. The van der Waals surface area contributed by atoms with Crippen molar-refractivity contribution in [2.45, 2.75) is 52.4 Å². The SMILES string of the molecule is CC[C@H](C)c1ccc(OCC(=O)Nc2sc3c(c2C#N)CC[C@H](C)C3)cc1. The van der Waals surface area contributed by atoms with Crippen LogP contribution >= 0.6 is 11.3 Å². The van der Waals surface area contributed by atoms with E-state index < -0.39 is 0 Å². The quantitative estimate of drug-likeness (QED) is 0.740. The largest absolute Gasteiger partial charge is 0.484 e. The smallest absolute Gasteiger partial charge is 0.262 e. The van der Waals surface area contributed by atoms with Crippen molar-refractivity contribution in [1.29, 1.82) is 5.26 Å². The lowest BCUT2D eigenvalue weighted by Gasteiger charge is -2.17. The highest BCUT2D eigenvalue weighted by Gasteiger charge is 2.24. The van der Waals surface area contributed by atoms with Gasteiger partial charge in [0.05, 0.1) is 5.56 Å². The zero-order chi connectivity index (χ0) is 19.4. The number of nitrogens with one attached hydrogen (secondary N) is 1. The molecule has 0 spiro atoms. The first-order chi connectivity index (χ1) is 13.0. The van der Waals surface area contributed by atoms with E-state index in [9.17, 15) is 10.1 Å². The van der Waals surface area contributed by atoms with Crippen LogP contribution in [-0.2, 0) is 17.6 Å². The Morgan fingerprint density at radius 2 is 2.15 bits per heavy atom. The molecule has 3 rings (SSSR count). The summed E-state index contributed by atoms with van der Waals surface area (Å²) in [4.78, 5) is 13.6. The van der Waals surface area contributed by atoms with Gasteiger partial charge in [0.2, 0.25) is 0 Å². The lowest BCUT2D eigenvalue weighted by molar-refractivity contribution is -0.118. The molecule has 0 unspecified atom stereocenters. The minimum absolute atomic E-state index is 0.0630. The second-order valence-electron chi connectivity index (χ2n) is 7.38. The number of ether oxygens (including phenoxy) is 1. The third kappa shape index (κ3) is 4.51. The summed E-state index contributed by atoms with van der Waals surface area (Å²) in [5.74, 6) is 1.59. The van der Waals surface area contributed by atoms with Crippen LogP contribution in [0.3, 0.4) is 0 Å². The number of fused-ring (bicyclic) bond motifs is 1. The topological polar surface area (TPSA) is 62.1 Å². The Hall–Kier alpha value is -2.32. The number of rotatable bonds is 6. The number of carbonyl (C=O) groups is 1. The summed E-state index contributed by atoms with van der Waals surface area (Å²) in [6.45, 7) is 6.52. The fourth-order valence-corrected chi connectivity index (χ4v) is 4.77. The summed E-state index contributed by atoms with van der Waals surface area (Å²) >= 11 is 1.54. The molecule has 4 nitrogen and oxygen atoms in total. The van der Waals surface area contributed by atoms with Gasteiger partial charge in [0, 0.05) is 4.88 Å². The fourth-order valence-electron chi connectivity index (χ4n) is 3.40. The third-order valence-corrected chi connectivity index (χ3v) is 6.48. The van der Waals surface area contributed by atoms with Crippen molar-refractivity contribution >= 4 is 22.2 Å². The molecule has 0 aliphatic heterocycles. The first kappa shape index (κ1) is 19.4. The molecule has 1 aliphatic carbocycles. The van der Waals surface area contributed by atoms with Gasteiger partial charge >= 0.3 is 0 Å². The Bertz CT molecular complexity index is 848. The highest BCUT2D eigenvalue weighted by molar-refractivity contribution is 7.16. The molecule has 2 atom stereocenters. The predicted molar refractivity (Wildman–Crippen MR) is 109 cm³/mol. The average Bonchev–Trinajstić information content (AvgIpc) is 3.01. The van der Waals surface area contributed by atoms with Crippen molar-refractivity contribution in [3.8, 4) is 11.8 Å². The second-order valence-corrected chi connectivity index (χ2v) is 8.49. The van der Waals surface area contributed by atoms with Crippen LogP contribution in [0.4, 0.5) is 5.00 Å². The number of carbonyl (C=O) groups excluding carboxylic acids is 1. The summed E-state index contributed by atoms with van der Waals surface area (Å²) < 4.78 is 5.61. The van der Waals surface area contributed by atoms with Crippen LogP contribution in [0.5, 0.6) is 5.75 Å². The lowest BCUT2D eigenvalue weighted by Crippen LogP contribution is -2.20. The summed E-state index contributed by atoms with van der Waals surface area (Å²) in [6, 6.07) is 10.2. The first-order valence-corrected chi connectivity index (χ1v) is 10.4. The molecule has 1 amide bonds. The van der Waals surface area contributed by atoms with Crippen molar-refractivity contribution in [3.05, 3.63) is 45.8 Å². The van der Waals surface area contributed by atoms with Crippen molar-refractivity contribution < 1.29 is 9.53 Å². The molecule has 1 aromatic carbocycles. The lowest BCUT2D eigenvalue weighted by atomic mass is 9.89. The molecule has 1 aliphatic rings. The number of hydrogen-bond acceptors (Lipinski definition) is 4. The minimum atomic E-state index is -0.232. The first-order valence-electron chi connectivity index (χ1n) is 9.59. The van der Waals surface area contributed by atoms with E-state index in [1.165, 1.54) is 21.8 Å². The molecule has 2 aromatic rings. The summed E-state index contributed by atoms with van der Waals surface area (Å²) in [6.07, 6.45) is 4.10. The van der Waals surface area contributed by atoms with Gasteiger partial charge in [0.15, 0.2) is 6.61 Å². The maximum atomic E-state index is 12.3. The average molecular weight is 383 g/mol. The molecule has 1 heterocycles. The monoisotopic (exact) mass is 382 g/mol. The van der Waals surface area contributed by atoms with E-state index in [0.29, 0.717) is 28.1 Å². The van der Waals surface area contributed by atoms with E-state index in [0.717, 1.165) is 31.2 Å². The number of amides is 1. The second kappa shape index (κ2) is 8.58. The molecule has 0 saturated heterocycles. The maximum absolute atomic E-state index is 12.3. The van der Waals surface area contributed by atoms with E-state index in [-0.39, 0.29) is 12.5 Å². The molecule has 27 heavy (non-hydrogen) atoms. The van der Waals surface area contributed by atoms with E-state index in [1.54, 1.807) is 0 Å². The van der Waals surface area contributed by atoms with E-state index in [1.807, 2.05) is 24.3 Å². The summed E-state index contributed by atoms with van der Waals surface area (Å²) in [5.41, 5.74) is 3.02. The van der Waals surface area contributed by atoms with E-state index in [4.69, 9.17) is 4.74 Å². The molecule has 0 fully saturated rings. The van der Waals surface area contributed by atoms with Gasteiger partial charge in [-0.15, -0.1) is 11.3 Å². The van der Waals surface area contributed by atoms with Crippen LogP contribution in [0.2, 0.25) is 0 Å². The molecule has 0 bridgehead atoms. The van der Waals surface area contributed by atoms with Gasteiger partial charge < -0.3 is 10.1 Å². The Labute approximate surface area is 165 Å². The summed E-state index contributed by atoms with van der Waals surface area (Å²) in [5, 5.41) is 13.1. The Morgan fingerprint density at radius 3 is 2.81 bits per heavy atom. The van der Waals surface area contributed by atoms with Crippen LogP contribution in [0.15, 0.2) is 24.3 Å². The highest BCUT2D eigenvalue weighted by Crippen LogP contribution is 2.39. The van der Waals surface area contributed by atoms with Gasteiger partial charge in [-0.05, 0) is 60.8 Å². The van der Waals surface area contributed by atoms with Gasteiger partial charge in [-0.3, -0.25) is 4.79 Å². The zero-order valence-corrected chi connectivity index (χ0v) is 17.0. The summed E-state index contributed by atoms with van der Waals surface area (Å²) in [7, 11) is 0. The van der Waals surface area contributed by atoms with Crippen molar-refractivity contribution in [2.75, 3.05) is 11.9 Å². The van der Waals surface area contributed by atoms with Gasteiger partial charge in [0.25, 0.3) is 5.91 Å². The Morgan fingerprint density at radius 1 is 1.41 bits per heavy atom. The van der Waals surface area contributed by atoms with Gasteiger partial charge in [-0.25, -0.2) is 0 Å². The molecule has 0 radical (unpaired) electrons. The van der Waals surface area contributed by atoms with Crippen LogP contribution < -0.4 is 10.1 Å². The molecule has 5 heteroatoms. The Balaban J connectivity index is 1.61. The molecular formula is C22H26N2O2S. The predicted octanol–water partition coefficient (Wildman–Crippen LogP) is 5.28. The number of nitrogens with zero attached hydrogens (tertiary/aromatic N) is 1. The molecular weight excluding hydrogens is 356 g/mol. The van der Waals surface area contributed by atoms with E-state index in [2.05, 4.69) is 32.2 Å². The van der Waals surface area contributed by atoms with E-state index >= 15 is 0 Å². The van der Waals surface area contributed by atoms with Gasteiger partial charge in [-0.1, -0.05) is 32.9 Å². The minimum Gasteiger partial charge on any atom is -0.484 e. The highest BCUT2D eigenvalue weighted by atomic mass is 32.1. The van der Waals surface area contributed by atoms with Crippen LogP contribution in [0.25, 0.3) is 0 Å². The fraction of sp³-hybridized carbons (Fsp3) is 0.455. The molecule has 1 aromatic heterocycles. The zero-order valence-electron chi connectivity index (χ0n) is 16.2. The number of benzene rings is 1.